The van der Waals surface area contributed by atoms with Crippen molar-refractivity contribution in [2.24, 2.45) is 0 Å². The molecule has 0 aliphatic carbocycles. The quantitative estimate of drug-likeness (QED) is 0.911. The van der Waals surface area contributed by atoms with Gasteiger partial charge in [-0.1, -0.05) is 24.4 Å². The SMILES string of the molecule is Clc1ccc(-c2nc3c(c(N4CCCCCC4)n2)CNC3)cc1. The lowest BCUT2D eigenvalue weighted by Crippen LogP contribution is -2.26. The van der Waals surface area contributed by atoms with Crippen LogP contribution in [0.4, 0.5) is 5.82 Å². The third-order valence-electron chi connectivity index (χ3n) is 4.67. The van der Waals surface area contributed by atoms with Crippen molar-refractivity contribution in [1.29, 1.82) is 0 Å². The van der Waals surface area contributed by atoms with Crippen molar-refractivity contribution >= 4 is 17.4 Å². The molecule has 1 N–H and O–H groups in total. The Balaban J connectivity index is 1.76. The van der Waals surface area contributed by atoms with E-state index in [0.717, 1.165) is 54.1 Å². The zero-order valence-electron chi connectivity index (χ0n) is 13.2. The first kappa shape index (κ1) is 14.9. The second kappa shape index (κ2) is 6.46. The molecule has 0 spiro atoms. The molecule has 2 aliphatic rings. The van der Waals surface area contributed by atoms with Crippen LogP contribution in [0, 0.1) is 0 Å². The first-order valence-corrected chi connectivity index (χ1v) is 8.80. The van der Waals surface area contributed by atoms with Gasteiger partial charge in [0.15, 0.2) is 5.82 Å². The zero-order valence-corrected chi connectivity index (χ0v) is 13.9. The number of benzene rings is 1. The Kier molecular flexibility index (Phi) is 4.19. The van der Waals surface area contributed by atoms with E-state index >= 15 is 0 Å². The molecule has 120 valence electrons. The molecule has 0 saturated carbocycles. The van der Waals surface area contributed by atoms with E-state index in [-0.39, 0.29) is 0 Å². The Morgan fingerprint density at radius 2 is 1.65 bits per heavy atom. The summed E-state index contributed by atoms with van der Waals surface area (Å²) < 4.78 is 0. The van der Waals surface area contributed by atoms with Gasteiger partial charge in [-0.25, -0.2) is 9.97 Å². The van der Waals surface area contributed by atoms with Crippen LogP contribution in [0.5, 0.6) is 0 Å². The molecule has 0 amide bonds. The molecular weight excluding hydrogens is 308 g/mol. The zero-order chi connectivity index (χ0) is 15.6. The second-order valence-corrected chi connectivity index (χ2v) is 6.74. The molecule has 4 rings (SSSR count). The van der Waals surface area contributed by atoms with Crippen LogP contribution >= 0.6 is 11.6 Å². The number of fused-ring (bicyclic) bond motifs is 1. The Hall–Kier alpha value is -1.65. The van der Waals surface area contributed by atoms with Crippen LogP contribution in [0.1, 0.15) is 36.9 Å². The molecule has 2 aliphatic heterocycles. The van der Waals surface area contributed by atoms with Gasteiger partial charge < -0.3 is 10.2 Å². The highest BCUT2D eigenvalue weighted by Crippen LogP contribution is 2.30. The van der Waals surface area contributed by atoms with Crippen molar-refractivity contribution in [2.75, 3.05) is 18.0 Å². The summed E-state index contributed by atoms with van der Waals surface area (Å²) in [5.74, 6) is 1.94. The second-order valence-electron chi connectivity index (χ2n) is 6.31. The minimum Gasteiger partial charge on any atom is -0.356 e. The van der Waals surface area contributed by atoms with Crippen LogP contribution in [0.3, 0.4) is 0 Å². The average molecular weight is 329 g/mol. The van der Waals surface area contributed by atoms with Gasteiger partial charge in [-0.05, 0) is 37.1 Å². The summed E-state index contributed by atoms with van der Waals surface area (Å²) in [7, 11) is 0. The average Bonchev–Trinajstić information content (AvgIpc) is 2.88. The van der Waals surface area contributed by atoms with E-state index in [1.54, 1.807) is 0 Å². The predicted octanol–water partition coefficient (Wildman–Crippen LogP) is 3.78. The van der Waals surface area contributed by atoms with Gasteiger partial charge in [-0.2, -0.15) is 0 Å². The summed E-state index contributed by atoms with van der Waals surface area (Å²) in [6, 6.07) is 7.80. The largest absolute Gasteiger partial charge is 0.356 e. The summed E-state index contributed by atoms with van der Waals surface area (Å²) in [5.41, 5.74) is 3.45. The fourth-order valence-corrected chi connectivity index (χ4v) is 3.55. The van der Waals surface area contributed by atoms with Crippen LogP contribution < -0.4 is 10.2 Å². The topological polar surface area (TPSA) is 41.1 Å². The van der Waals surface area contributed by atoms with Crippen molar-refractivity contribution in [1.82, 2.24) is 15.3 Å². The number of nitrogens with zero attached hydrogens (tertiary/aromatic N) is 3. The van der Waals surface area contributed by atoms with Crippen molar-refractivity contribution in [3.8, 4) is 11.4 Å². The molecule has 23 heavy (non-hydrogen) atoms. The molecule has 1 aromatic carbocycles. The fraction of sp³-hybridized carbons (Fsp3) is 0.444. The Morgan fingerprint density at radius 3 is 2.39 bits per heavy atom. The summed E-state index contributed by atoms with van der Waals surface area (Å²) in [6.07, 6.45) is 5.16. The number of hydrogen-bond acceptors (Lipinski definition) is 4. The molecule has 1 aromatic heterocycles. The minimum atomic E-state index is 0.740. The molecular formula is C18H21ClN4. The van der Waals surface area contributed by atoms with Crippen LogP contribution in [-0.4, -0.2) is 23.1 Å². The maximum atomic E-state index is 6.01. The number of nitrogens with one attached hydrogen (secondary N) is 1. The maximum Gasteiger partial charge on any atom is 0.161 e. The van der Waals surface area contributed by atoms with E-state index < -0.39 is 0 Å². The lowest BCUT2D eigenvalue weighted by atomic mass is 10.1. The molecule has 1 saturated heterocycles. The number of halogens is 1. The first-order valence-electron chi connectivity index (χ1n) is 8.43. The smallest absolute Gasteiger partial charge is 0.161 e. The number of rotatable bonds is 2. The van der Waals surface area contributed by atoms with Crippen LogP contribution in [-0.2, 0) is 13.1 Å². The van der Waals surface area contributed by atoms with Crippen molar-refractivity contribution in [3.05, 3.63) is 40.5 Å². The molecule has 0 atom stereocenters. The van der Waals surface area contributed by atoms with Crippen molar-refractivity contribution in [2.45, 2.75) is 38.8 Å². The summed E-state index contributed by atoms with van der Waals surface area (Å²) in [4.78, 5) is 12.2. The van der Waals surface area contributed by atoms with Crippen molar-refractivity contribution in [3.63, 3.8) is 0 Å². The highest BCUT2D eigenvalue weighted by molar-refractivity contribution is 6.30. The van der Waals surface area contributed by atoms with Crippen molar-refractivity contribution < 1.29 is 0 Å². The lowest BCUT2D eigenvalue weighted by molar-refractivity contribution is 0.726. The van der Waals surface area contributed by atoms with E-state index in [0.29, 0.717) is 0 Å². The van der Waals surface area contributed by atoms with Gasteiger partial charge in [0.1, 0.15) is 5.82 Å². The fourth-order valence-electron chi connectivity index (χ4n) is 3.42. The van der Waals surface area contributed by atoms with E-state index in [2.05, 4.69) is 10.2 Å². The maximum absolute atomic E-state index is 6.01. The third-order valence-corrected chi connectivity index (χ3v) is 4.93. The highest BCUT2D eigenvalue weighted by Gasteiger charge is 2.23. The molecule has 5 heteroatoms. The monoisotopic (exact) mass is 328 g/mol. The molecule has 0 bridgehead atoms. The van der Waals surface area contributed by atoms with E-state index in [9.17, 15) is 0 Å². The van der Waals surface area contributed by atoms with Gasteiger partial charge in [-0.3, -0.25) is 0 Å². The van der Waals surface area contributed by atoms with Crippen LogP contribution in [0.2, 0.25) is 5.02 Å². The highest BCUT2D eigenvalue weighted by atomic mass is 35.5. The number of anilines is 1. The lowest BCUT2D eigenvalue weighted by Gasteiger charge is -2.24. The molecule has 0 unspecified atom stereocenters. The van der Waals surface area contributed by atoms with E-state index in [1.165, 1.54) is 31.2 Å². The molecule has 4 nitrogen and oxygen atoms in total. The van der Waals surface area contributed by atoms with E-state index in [4.69, 9.17) is 21.6 Å². The van der Waals surface area contributed by atoms with Gasteiger partial charge in [-0.15, -0.1) is 0 Å². The van der Waals surface area contributed by atoms with Gasteiger partial charge >= 0.3 is 0 Å². The molecule has 2 aromatic rings. The number of hydrogen-bond donors (Lipinski definition) is 1. The molecule has 1 fully saturated rings. The molecule has 3 heterocycles. The van der Waals surface area contributed by atoms with Crippen LogP contribution in [0.25, 0.3) is 11.4 Å². The van der Waals surface area contributed by atoms with E-state index in [1.807, 2.05) is 24.3 Å². The molecule has 0 radical (unpaired) electrons. The van der Waals surface area contributed by atoms with Crippen LogP contribution in [0.15, 0.2) is 24.3 Å². The first-order chi connectivity index (χ1) is 11.3. The summed E-state index contributed by atoms with van der Waals surface area (Å²) in [6.45, 7) is 3.91. The van der Waals surface area contributed by atoms with Gasteiger partial charge in [0, 0.05) is 42.3 Å². The Morgan fingerprint density at radius 1 is 0.913 bits per heavy atom. The van der Waals surface area contributed by atoms with Gasteiger partial charge in [0.25, 0.3) is 0 Å². The van der Waals surface area contributed by atoms with Gasteiger partial charge in [0.2, 0.25) is 0 Å². The Bertz CT molecular complexity index is 691. The summed E-state index contributed by atoms with van der Waals surface area (Å²) in [5, 5.41) is 4.16. The summed E-state index contributed by atoms with van der Waals surface area (Å²) >= 11 is 6.01. The normalized spacial score (nSPS) is 17.9. The predicted molar refractivity (Wildman–Crippen MR) is 93.7 cm³/mol. The third kappa shape index (κ3) is 3.06. The standard InChI is InChI=1S/C18H21ClN4/c19-14-7-5-13(6-8-14)17-21-16-12-20-11-15(16)18(22-17)23-9-3-1-2-4-10-23/h5-8,20H,1-4,9-12H2. The van der Waals surface area contributed by atoms with Gasteiger partial charge in [0.05, 0.1) is 5.69 Å². The minimum absolute atomic E-state index is 0.740. The number of aromatic nitrogens is 2. The Labute approximate surface area is 141 Å².